The van der Waals surface area contributed by atoms with Crippen molar-refractivity contribution in [2.45, 2.75) is 12.3 Å². The Kier molecular flexibility index (Phi) is 3.47. The fraction of sp³-hybridized carbons (Fsp3) is 0.312. The van der Waals surface area contributed by atoms with Crippen LogP contribution in [0.3, 0.4) is 0 Å². The highest BCUT2D eigenvalue weighted by atomic mass is 16.5. The lowest BCUT2D eigenvalue weighted by molar-refractivity contribution is 0.267. The normalized spacial score (nSPS) is 17.6. The highest BCUT2D eigenvalue weighted by molar-refractivity contribution is 5.72. The second kappa shape index (κ2) is 5.41. The van der Waals surface area contributed by atoms with E-state index in [4.69, 9.17) is 4.74 Å². The zero-order valence-electron chi connectivity index (χ0n) is 11.1. The Balaban J connectivity index is 2.06. The fourth-order valence-electron chi connectivity index (χ4n) is 2.70. The summed E-state index contributed by atoms with van der Waals surface area (Å²) in [4.78, 5) is 4.20. The minimum atomic E-state index is 0.533. The number of rotatable bonds is 3. The molecule has 0 unspecified atom stereocenters. The third-order valence-corrected chi connectivity index (χ3v) is 3.62. The highest BCUT2D eigenvalue weighted by Gasteiger charge is 2.23. The van der Waals surface area contributed by atoms with Gasteiger partial charge >= 0.3 is 0 Å². The second-order valence-electron chi connectivity index (χ2n) is 4.86. The predicted molar refractivity (Wildman–Crippen MR) is 76.5 cm³/mol. The molecule has 19 heavy (non-hydrogen) atoms. The number of likely N-dealkylation sites (N-methyl/N-ethyl adjacent to an activating group) is 1. The van der Waals surface area contributed by atoms with Crippen LogP contribution in [0.5, 0.6) is 5.75 Å². The lowest BCUT2D eigenvalue weighted by Crippen LogP contribution is -2.23. The number of hydrogen-bond acceptors (Lipinski definition) is 3. The summed E-state index contributed by atoms with van der Waals surface area (Å²) < 4.78 is 5.93. The van der Waals surface area contributed by atoms with E-state index >= 15 is 0 Å². The smallest absolute Gasteiger partial charge is 0.130 e. The molecule has 98 valence electrons. The molecule has 1 aliphatic heterocycles. The number of nitrogens with zero attached hydrogens (tertiary/aromatic N) is 1. The third kappa shape index (κ3) is 2.34. The molecule has 3 heteroatoms. The molecule has 1 aromatic carbocycles. The molecule has 1 atom stereocenters. The summed E-state index contributed by atoms with van der Waals surface area (Å²) in [6.45, 7) is 1.78. The van der Waals surface area contributed by atoms with Crippen LogP contribution in [0.4, 0.5) is 0 Å². The van der Waals surface area contributed by atoms with Crippen LogP contribution in [0.15, 0.2) is 42.7 Å². The van der Waals surface area contributed by atoms with E-state index in [2.05, 4.69) is 34.6 Å². The van der Waals surface area contributed by atoms with Gasteiger partial charge in [-0.25, -0.2) is 0 Å². The van der Waals surface area contributed by atoms with Crippen molar-refractivity contribution in [2.24, 2.45) is 0 Å². The fourth-order valence-corrected chi connectivity index (χ4v) is 2.70. The molecule has 2 aromatic rings. The molecule has 1 N–H and O–H groups in total. The zero-order valence-corrected chi connectivity index (χ0v) is 11.1. The molecule has 0 saturated heterocycles. The van der Waals surface area contributed by atoms with E-state index in [-0.39, 0.29) is 0 Å². The lowest BCUT2D eigenvalue weighted by Gasteiger charge is -2.27. The first-order chi connectivity index (χ1) is 9.40. The number of fused-ring (bicyclic) bond motifs is 1. The van der Waals surface area contributed by atoms with E-state index in [0.717, 1.165) is 36.4 Å². The number of para-hydroxylation sites is 1. The van der Waals surface area contributed by atoms with Crippen molar-refractivity contribution >= 4 is 0 Å². The maximum Gasteiger partial charge on any atom is 0.130 e. The number of hydrogen-bond donors (Lipinski definition) is 1. The van der Waals surface area contributed by atoms with Gasteiger partial charge in [0.2, 0.25) is 0 Å². The minimum absolute atomic E-state index is 0.533. The Bertz CT molecular complexity index is 554. The first-order valence-electron chi connectivity index (χ1n) is 6.71. The summed E-state index contributed by atoms with van der Waals surface area (Å²) >= 11 is 0. The van der Waals surface area contributed by atoms with Crippen molar-refractivity contribution in [3.63, 3.8) is 0 Å². The lowest BCUT2D eigenvalue weighted by atomic mass is 9.90. The Hall–Kier alpha value is -1.87. The van der Waals surface area contributed by atoms with E-state index < -0.39 is 0 Å². The van der Waals surface area contributed by atoms with Crippen molar-refractivity contribution < 1.29 is 4.74 Å². The van der Waals surface area contributed by atoms with Gasteiger partial charge in [0, 0.05) is 36.0 Å². The number of ether oxygens (including phenoxy) is 1. The summed E-state index contributed by atoms with van der Waals surface area (Å²) in [5.74, 6) is 1.56. The number of aromatic nitrogens is 1. The molecule has 3 nitrogen and oxygen atoms in total. The summed E-state index contributed by atoms with van der Waals surface area (Å²) in [5.41, 5.74) is 3.57. The molecule has 0 aliphatic carbocycles. The van der Waals surface area contributed by atoms with E-state index in [1.807, 2.05) is 19.3 Å². The van der Waals surface area contributed by atoms with Crippen molar-refractivity contribution in [2.75, 3.05) is 20.2 Å². The average Bonchev–Trinajstić information content (AvgIpc) is 2.48. The van der Waals surface area contributed by atoms with Crippen LogP contribution in [-0.2, 0) is 0 Å². The van der Waals surface area contributed by atoms with Crippen LogP contribution in [0, 0.1) is 0 Å². The highest BCUT2D eigenvalue weighted by Crippen LogP contribution is 2.40. The molecule has 0 fully saturated rings. The Labute approximate surface area is 113 Å². The summed E-state index contributed by atoms with van der Waals surface area (Å²) in [5, 5.41) is 3.27. The van der Waals surface area contributed by atoms with Gasteiger partial charge in [-0.2, -0.15) is 0 Å². The van der Waals surface area contributed by atoms with Gasteiger partial charge in [0.25, 0.3) is 0 Å². The summed E-state index contributed by atoms with van der Waals surface area (Å²) in [6, 6.07) is 10.4. The van der Waals surface area contributed by atoms with Gasteiger partial charge in [-0.3, -0.25) is 4.98 Å². The Morgan fingerprint density at radius 3 is 3.05 bits per heavy atom. The van der Waals surface area contributed by atoms with Gasteiger partial charge in [-0.15, -0.1) is 0 Å². The van der Waals surface area contributed by atoms with E-state index in [0.29, 0.717) is 5.92 Å². The Morgan fingerprint density at radius 1 is 1.32 bits per heavy atom. The topological polar surface area (TPSA) is 34.1 Å². The van der Waals surface area contributed by atoms with Crippen molar-refractivity contribution in [3.05, 3.63) is 48.3 Å². The van der Waals surface area contributed by atoms with Gasteiger partial charge in [-0.05, 0) is 25.1 Å². The van der Waals surface area contributed by atoms with Gasteiger partial charge in [0.1, 0.15) is 5.75 Å². The first kappa shape index (κ1) is 12.2. The molecular formula is C16H18N2O. The predicted octanol–water partition coefficient (Wildman–Crippen LogP) is 2.83. The molecule has 3 rings (SSSR count). The quantitative estimate of drug-likeness (QED) is 0.914. The van der Waals surface area contributed by atoms with E-state index in [1.54, 1.807) is 6.20 Å². The van der Waals surface area contributed by atoms with Gasteiger partial charge in [-0.1, -0.05) is 24.3 Å². The SMILES string of the molecule is CNC[C@H]1CCOc2c(-c3cccnc3)cccc21. The van der Waals surface area contributed by atoms with Gasteiger partial charge in [0.05, 0.1) is 6.61 Å². The van der Waals surface area contributed by atoms with Crippen molar-refractivity contribution in [3.8, 4) is 16.9 Å². The van der Waals surface area contributed by atoms with Crippen LogP contribution in [0.1, 0.15) is 17.9 Å². The molecule has 0 bridgehead atoms. The third-order valence-electron chi connectivity index (χ3n) is 3.62. The number of benzene rings is 1. The molecule has 0 radical (unpaired) electrons. The van der Waals surface area contributed by atoms with Crippen molar-refractivity contribution in [1.29, 1.82) is 0 Å². The van der Waals surface area contributed by atoms with Gasteiger partial charge in [0.15, 0.2) is 0 Å². The maximum absolute atomic E-state index is 5.93. The molecule has 1 aliphatic rings. The molecular weight excluding hydrogens is 236 g/mol. The number of nitrogens with one attached hydrogen (secondary N) is 1. The van der Waals surface area contributed by atoms with Crippen LogP contribution >= 0.6 is 0 Å². The van der Waals surface area contributed by atoms with Crippen molar-refractivity contribution in [1.82, 2.24) is 10.3 Å². The monoisotopic (exact) mass is 254 g/mol. The zero-order chi connectivity index (χ0) is 13.1. The first-order valence-corrected chi connectivity index (χ1v) is 6.71. The molecule has 0 amide bonds. The van der Waals surface area contributed by atoms with Crippen LogP contribution in [0.25, 0.3) is 11.1 Å². The second-order valence-corrected chi connectivity index (χ2v) is 4.86. The summed E-state index contributed by atoms with van der Waals surface area (Å²) in [7, 11) is 2.00. The maximum atomic E-state index is 5.93. The largest absolute Gasteiger partial charge is 0.493 e. The molecule has 0 spiro atoms. The van der Waals surface area contributed by atoms with E-state index in [9.17, 15) is 0 Å². The number of pyridine rings is 1. The standard InChI is InChI=1S/C16H18N2O/c1-17-10-13-7-9-19-16-14(5-2-6-15(13)16)12-4-3-8-18-11-12/h2-6,8,11,13,17H,7,9-10H2,1H3/t13-/m1/s1. The van der Waals surface area contributed by atoms with E-state index in [1.165, 1.54) is 5.56 Å². The van der Waals surface area contributed by atoms with Crippen LogP contribution < -0.4 is 10.1 Å². The Morgan fingerprint density at radius 2 is 2.26 bits per heavy atom. The molecule has 1 aromatic heterocycles. The molecule has 2 heterocycles. The van der Waals surface area contributed by atoms with Crippen LogP contribution in [-0.4, -0.2) is 25.2 Å². The molecule has 0 saturated carbocycles. The van der Waals surface area contributed by atoms with Gasteiger partial charge < -0.3 is 10.1 Å². The van der Waals surface area contributed by atoms with Crippen LogP contribution in [0.2, 0.25) is 0 Å². The summed E-state index contributed by atoms with van der Waals surface area (Å²) in [6.07, 6.45) is 4.76. The minimum Gasteiger partial charge on any atom is -0.493 e. The average molecular weight is 254 g/mol.